The van der Waals surface area contributed by atoms with E-state index in [9.17, 15) is 9.59 Å². The lowest BCUT2D eigenvalue weighted by Gasteiger charge is -2.14. The molecule has 0 spiro atoms. The van der Waals surface area contributed by atoms with Crippen molar-refractivity contribution in [3.8, 4) is 5.75 Å². The van der Waals surface area contributed by atoms with Gasteiger partial charge in [-0.1, -0.05) is 12.1 Å². The number of nitrogens with zero attached hydrogens (tertiary/aromatic N) is 3. The van der Waals surface area contributed by atoms with Gasteiger partial charge in [-0.15, -0.1) is 0 Å². The van der Waals surface area contributed by atoms with Crippen LogP contribution in [0.3, 0.4) is 0 Å². The SMILES string of the molecule is COc1cccc2cc(C(=O)Nc3ccc(Nc4nc(C)cc(N(C)C)n4)cc3)c(=O)oc12. The fourth-order valence-corrected chi connectivity index (χ4v) is 3.24. The van der Waals surface area contributed by atoms with E-state index in [0.717, 1.165) is 17.2 Å². The Hall–Kier alpha value is -4.40. The molecule has 0 fully saturated rings. The summed E-state index contributed by atoms with van der Waals surface area (Å²) in [4.78, 5) is 35.9. The Morgan fingerprint density at radius 3 is 2.45 bits per heavy atom. The molecule has 0 unspecified atom stereocenters. The van der Waals surface area contributed by atoms with Crippen LogP contribution in [0.5, 0.6) is 5.75 Å². The predicted molar refractivity (Wildman–Crippen MR) is 128 cm³/mol. The molecule has 1 amide bonds. The number of hydrogen-bond acceptors (Lipinski definition) is 8. The maximum Gasteiger partial charge on any atom is 0.349 e. The number of para-hydroxylation sites is 1. The lowest BCUT2D eigenvalue weighted by Crippen LogP contribution is -2.20. The van der Waals surface area contributed by atoms with Crippen LogP contribution in [0, 0.1) is 6.92 Å². The lowest BCUT2D eigenvalue weighted by molar-refractivity contribution is 0.102. The third-order valence-electron chi connectivity index (χ3n) is 4.89. The predicted octanol–water partition coefficient (Wildman–Crippen LogP) is 3.96. The van der Waals surface area contributed by atoms with Crippen LogP contribution in [0.15, 0.2) is 63.8 Å². The average Bonchev–Trinajstić information content (AvgIpc) is 2.79. The van der Waals surface area contributed by atoms with E-state index in [2.05, 4.69) is 20.6 Å². The number of ether oxygens (including phenoxy) is 1. The van der Waals surface area contributed by atoms with Crippen LogP contribution in [-0.2, 0) is 0 Å². The second-order valence-electron chi connectivity index (χ2n) is 7.57. The molecule has 168 valence electrons. The van der Waals surface area contributed by atoms with E-state index in [1.807, 2.05) is 32.0 Å². The fraction of sp³-hybridized carbons (Fsp3) is 0.167. The molecule has 0 aliphatic rings. The van der Waals surface area contributed by atoms with Gasteiger partial charge in [0.15, 0.2) is 11.3 Å². The molecule has 2 aromatic heterocycles. The smallest absolute Gasteiger partial charge is 0.349 e. The Labute approximate surface area is 190 Å². The van der Waals surface area contributed by atoms with Gasteiger partial charge in [-0.05, 0) is 43.3 Å². The summed E-state index contributed by atoms with van der Waals surface area (Å²) in [5, 5.41) is 6.47. The van der Waals surface area contributed by atoms with Crippen LogP contribution in [0.25, 0.3) is 11.0 Å². The molecule has 2 N–H and O–H groups in total. The molecule has 0 saturated heterocycles. The van der Waals surface area contributed by atoms with Gasteiger partial charge in [0.1, 0.15) is 11.4 Å². The molecule has 9 nitrogen and oxygen atoms in total. The molecule has 0 saturated carbocycles. The van der Waals surface area contributed by atoms with Gasteiger partial charge in [-0.2, -0.15) is 4.98 Å². The minimum Gasteiger partial charge on any atom is -0.493 e. The van der Waals surface area contributed by atoms with E-state index >= 15 is 0 Å². The van der Waals surface area contributed by atoms with Crippen LogP contribution in [0.4, 0.5) is 23.1 Å². The first-order chi connectivity index (χ1) is 15.8. The van der Waals surface area contributed by atoms with E-state index in [-0.39, 0.29) is 5.56 Å². The highest BCUT2D eigenvalue weighted by Crippen LogP contribution is 2.25. The van der Waals surface area contributed by atoms with Gasteiger partial charge in [0.05, 0.1) is 7.11 Å². The molecule has 4 rings (SSSR count). The normalized spacial score (nSPS) is 10.7. The van der Waals surface area contributed by atoms with Crippen LogP contribution in [-0.4, -0.2) is 37.1 Å². The maximum atomic E-state index is 12.7. The van der Waals surface area contributed by atoms with Crippen LogP contribution >= 0.6 is 0 Å². The van der Waals surface area contributed by atoms with Crippen molar-refractivity contribution in [2.75, 3.05) is 36.7 Å². The van der Waals surface area contributed by atoms with Crippen LogP contribution in [0.2, 0.25) is 0 Å². The quantitative estimate of drug-likeness (QED) is 0.429. The summed E-state index contributed by atoms with van der Waals surface area (Å²) in [6.07, 6.45) is 0. The van der Waals surface area contributed by atoms with Crippen molar-refractivity contribution in [1.82, 2.24) is 9.97 Å². The number of hydrogen-bond donors (Lipinski definition) is 2. The molecular formula is C24H23N5O4. The number of anilines is 4. The van der Waals surface area contributed by atoms with E-state index in [1.54, 1.807) is 42.5 Å². The third-order valence-corrected chi connectivity index (χ3v) is 4.89. The number of aromatic nitrogens is 2. The van der Waals surface area contributed by atoms with E-state index in [1.165, 1.54) is 13.2 Å². The van der Waals surface area contributed by atoms with Crippen molar-refractivity contribution in [2.24, 2.45) is 0 Å². The van der Waals surface area contributed by atoms with Crippen molar-refractivity contribution in [3.05, 3.63) is 76.3 Å². The largest absolute Gasteiger partial charge is 0.493 e. The molecule has 0 radical (unpaired) electrons. The molecule has 9 heteroatoms. The standard InChI is InChI=1S/C24H23N5O4/c1-14-12-20(29(2)3)28-24(25-14)27-17-10-8-16(9-11-17)26-22(30)18-13-15-6-5-7-19(32-4)21(15)33-23(18)31/h5-13H,1-4H3,(H,26,30)(H,25,27,28). The number of nitrogens with one attached hydrogen (secondary N) is 2. The van der Waals surface area contributed by atoms with E-state index in [0.29, 0.717) is 28.4 Å². The van der Waals surface area contributed by atoms with Gasteiger partial charge < -0.3 is 24.7 Å². The van der Waals surface area contributed by atoms with Gasteiger partial charge in [-0.3, -0.25) is 4.79 Å². The average molecular weight is 445 g/mol. The molecule has 0 bridgehead atoms. The Morgan fingerprint density at radius 2 is 1.76 bits per heavy atom. The number of carbonyl (C=O) groups excluding carboxylic acids is 1. The Kier molecular flexibility index (Phi) is 5.95. The topological polar surface area (TPSA) is 110 Å². The van der Waals surface area contributed by atoms with Crippen molar-refractivity contribution in [2.45, 2.75) is 6.92 Å². The zero-order valence-electron chi connectivity index (χ0n) is 18.7. The first kappa shape index (κ1) is 21.8. The molecule has 33 heavy (non-hydrogen) atoms. The summed E-state index contributed by atoms with van der Waals surface area (Å²) in [6, 6.07) is 15.6. The summed E-state index contributed by atoms with van der Waals surface area (Å²) < 4.78 is 10.5. The summed E-state index contributed by atoms with van der Waals surface area (Å²) in [5.74, 6) is 1.13. The number of fused-ring (bicyclic) bond motifs is 1. The van der Waals surface area contributed by atoms with Gasteiger partial charge in [0.25, 0.3) is 5.91 Å². The summed E-state index contributed by atoms with van der Waals surface area (Å²) >= 11 is 0. The highest BCUT2D eigenvalue weighted by atomic mass is 16.5. The van der Waals surface area contributed by atoms with Crippen molar-refractivity contribution in [1.29, 1.82) is 0 Å². The Bertz CT molecular complexity index is 1380. The van der Waals surface area contributed by atoms with Crippen molar-refractivity contribution < 1.29 is 13.9 Å². The van der Waals surface area contributed by atoms with Crippen molar-refractivity contribution in [3.63, 3.8) is 0 Å². The first-order valence-corrected chi connectivity index (χ1v) is 10.2. The summed E-state index contributed by atoms with van der Waals surface area (Å²) in [7, 11) is 5.31. The minimum atomic E-state index is -0.740. The number of aryl methyl sites for hydroxylation is 1. The Balaban J connectivity index is 1.51. The van der Waals surface area contributed by atoms with Gasteiger partial charge >= 0.3 is 5.63 Å². The number of amides is 1. The minimum absolute atomic E-state index is 0.0951. The first-order valence-electron chi connectivity index (χ1n) is 10.2. The summed E-state index contributed by atoms with van der Waals surface area (Å²) in [6.45, 7) is 1.90. The van der Waals surface area contributed by atoms with E-state index < -0.39 is 11.5 Å². The highest BCUT2D eigenvalue weighted by molar-refractivity contribution is 6.05. The number of benzene rings is 2. The van der Waals surface area contributed by atoms with Gasteiger partial charge in [0, 0.05) is 42.6 Å². The molecule has 2 aromatic carbocycles. The molecule has 0 aliphatic heterocycles. The molecule has 4 aromatic rings. The highest BCUT2D eigenvalue weighted by Gasteiger charge is 2.16. The molecule has 0 aliphatic carbocycles. The van der Waals surface area contributed by atoms with Crippen LogP contribution in [0.1, 0.15) is 16.1 Å². The second kappa shape index (κ2) is 8.99. The summed E-state index contributed by atoms with van der Waals surface area (Å²) in [5.41, 5.74) is 1.58. The van der Waals surface area contributed by atoms with Crippen LogP contribution < -0.4 is 25.9 Å². The maximum absolute atomic E-state index is 12.7. The second-order valence-corrected chi connectivity index (χ2v) is 7.57. The number of methoxy groups -OCH3 is 1. The molecule has 0 atom stereocenters. The number of rotatable bonds is 6. The molecular weight excluding hydrogens is 422 g/mol. The van der Waals surface area contributed by atoms with Gasteiger partial charge in [-0.25, -0.2) is 9.78 Å². The lowest BCUT2D eigenvalue weighted by atomic mass is 10.1. The Morgan fingerprint density at radius 1 is 1.03 bits per heavy atom. The zero-order chi connectivity index (χ0) is 23.5. The fourth-order valence-electron chi connectivity index (χ4n) is 3.24. The van der Waals surface area contributed by atoms with E-state index in [4.69, 9.17) is 9.15 Å². The monoisotopic (exact) mass is 445 g/mol. The van der Waals surface area contributed by atoms with Crippen molar-refractivity contribution >= 4 is 40.0 Å². The molecule has 2 heterocycles. The zero-order valence-corrected chi connectivity index (χ0v) is 18.7. The van der Waals surface area contributed by atoms with Gasteiger partial charge in [0.2, 0.25) is 5.95 Å². The number of carbonyl (C=O) groups is 1. The third kappa shape index (κ3) is 4.77.